The first kappa shape index (κ1) is 12.1. The van der Waals surface area contributed by atoms with Crippen molar-refractivity contribution >= 4 is 11.6 Å². The molecule has 2 aromatic heterocycles. The fraction of sp³-hybridized carbons (Fsp3) is 0.333. The molecule has 0 spiro atoms. The van der Waals surface area contributed by atoms with Crippen molar-refractivity contribution in [2.75, 3.05) is 0 Å². The number of aliphatic hydroxyl groups is 1. The molecule has 0 aliphatic heterocycles. The Morgan fingerprint density at radius 3 is 2.94 bits per heavy atom. The third-order valence-corrected chi connectivity index (χ3v) is 2.73. The summed E-state index contributed by atoms with van der Waals surface area (Å²) in [4.78, 5) is 8.08. The van der Waals surface area contributed by atoms with Crippen molar-refractivity contribution in [3.63, 3.8) is 0 Å². The Morgan fingerprint density at radius 2 is 2.24 bits per heavy atom. The fourth-order valence-electron chi connectivity index (χ4n) is 1.73. The van der Waals surface area contributed by atoms with Gasteiger partial charge in [-0.2, -0.15) is 0 Å². The molecule has 0 aliphatic rings. The maximum atomic E-state index is 10.2. The van der Waals surface area contributed by atoms with E-state index in [9.17, 15) is 5.11 Å². The highest BCUT2D eigenvalue weighted by Gasteiger charge is 2.16. The molecule has 0 bridgehead atoms. The fourth-order valence-corrected chi connectivity index (χ4v) is 1.92. The Balaban J connectivity index is 2.30. The first-order valence-electron chi connectivity index (χ1n) is 5.53. The van der Waals surface area contributed by atoms with Gasteiger partial charge in [0.05, 0.1) is 0 Å². The molecule has 1 atom stereocenters. The van der Waals surface area contributed by atoms with Gasteiger partial charge < -0.3 is 9.67 Å². The standard InChI is InChI=1S/C12H14ClN3O/c1-2-6-16-7-5-15-12(16)11(17)9-3-4-14-10(13)8-9/h3-5,7-8,11,17H,2,6H2,1H3. The van der Waals surface area contributed by atoms with E-state index in [0.717, 1.165) is 13.0 Å². The highest BCUT2D eigenvalue weighted by atomic mass is 35.5. The van der Waals surface area contributed by atoms with Gasteiger partial charge in [0.15, 0.2) is 0 Å². The van der Waals surface area contributed by atoms with Crippen LogP contribution in [0.4, 0.5) is 0 Å². The molecular formula is C12H14ClN3O. The van der Waals surface area contributed by atoms with E-state index < -0.39 is 6.10 Å². The number of nitrogens with zero attached hydrogens (tertiary/aromatic N) is 3. The molecule has 17 heavy (non-hydrogen) atoms. The molecule has 1 N–H and O–H groups in total. The SMILES string of the molecule is CCCn1ccnc1C(O)c1ccnc(Cl)c1. The predicted molar refractivity (Wildman–Crippen MR) is 65.8 cm³/mol. The molecule has 4 nitrogen and oxygen atoms in total. The molecule has 2 aromatic rings. The van der Waals surface area contributed by atoms with Crippen molar-refractivity contribution in [3.8, 4) is 0 Å². The van der Waals surface area contributed by atoms with Gasteiger partial charge in [-0.15, -0.1) is 0 Å². The Morgan fingerprint density at radius 1 is 1.41 bits per heavy atom. The summed E-state index contributed by atoms with van der Waals surface area (Å²) in [5, 5.41) is 10.6. The van der Waals surface area contributed by atoms with Crippen LogP contribution in [0.2, 0.25) is 5.15 Å². The summed E-state index contributed by atoms with van der Waals surface area (Å²) >= 11 is 5.80. The van der Waals surface area contributed by atoms with E-state index in [1.165, 1.54) is 0 Å². The van der Waals surface area contributed by atoms with E-state index in [-0.39, 0.29) is 0 Å². The molecule has 0 saturated heterocycles. The average molecular weight is 252 g/mol. The Kier molecular flexibility index (Phi) is 3.76. The number of hydrogen-bond acceptors (Lipinski definition) is 3. The van der Waals surface area contributed by atoms with Crippen molar-refractivity contribution in [1.29, 1.82) is 0 Å². The molecule has 0 fully saturated rings. The molecule has 0 aliphatic carbocycles. The predicted octanol–water partition coefficient (Wildman–Crippen LogP) is 2.42. The Bertz CT molecular complexity index is 498. The van der Waals surface area contributed by atoms with Crippen LogP contribution in [0.25, 0.3) is 0 Å². The summed E-state index contributed by atoms with van der Waals surface area (Å²) in [6.45, 7) is 2.92. The van der Waals surface area contributed by atoms with Gasteiger partial charge in [-0.25, -0.2) is 9.97 Å². The van der Waals surface area contributed by atoms with Crippen molar-refractivity contribution in [1.82, 2.24) is 14.5 Å². The second-order valence-electron chi connectivity index (χ2n) is 3.79. The second-order valence-corrected chi connectivity index (χ2v) is 4.18. The van der Waals surface area contributed by atoms with Gasteiger partial charge in [-0.1, -0.05) is 18.5 Å². The van der Waals surface area contributed by atoms with Gasteiger partial charge in [-0.3, -0.25) is 0 Å². The summed E-state index contributed by atoms with van der Waals surface area (Å²) in [7, 11) is 0. The molecule has 90 valence electrons. The third-order valence-electron chi connectivity index (χ3n) is 2.52. The molecule has 0 amide bonds. The average Bonchev–Trinajstić information content (AvgIpc) is 2.77. The molecule has 2 heterocycles. The van der Waals surface area contributed by atoms with Crippen LogP contribution in [-0.4, -0.2) is 19.6 Å². The van der Waals surface area contributed by atoms with Crippen LogP contribution in [0.15, 0.2) is 30.7 Å². The molecule has 0 radical (unpaired) electrons. The van der Waals surface area contributed by atoms with Gasteiger partial charge >= 0.3 is 0 Å². The van der Waals surface area contributed by atoms with Crippen LogP contribution in [0, 0.1) is 0 Å². The molecule has 1 unspecified atom stereocenters. The summed E-state index contributed by atoms with van der Waals surface area (Å²) < 4.78 is 1.94. The normalized spacial score (nSPS) is 12.6. The smallest absolute Gasteiger partial charge is 0.142 e. The molecule has 5 heteroatoms. The van der Waals surface area contributed by atoms with E-state index >= 15 is 0 Å². The van der Waals surface area contributed by atoms with E-state index in [1.807, 2.05) is 10.8 Å². The lowest BCUT2D eigenvalue weighted by Gasteiger charge is -2.13. The zero-order valence-corrected chi connectivity index (χ0v) is 10.3. The van der Waals surface area contributed by atoms with E-state index in [1.54, 1.807) is 24.5 Å². The van der Waals surface area contributed by atoms with Crippen molar-refractivity contribution in [3.05, 3.63) is 47.3 Å². The maximum absolute atomic E-state index is 10.2. The van der Waals surface area contributed by atoms with Crippen LogP contribution in [0.1, 0.15) is 30.8 Å². The number of pyridine rings is 1. The number of aryl methyl sites for hydroxylation is 1. The van der Waals surface area contributed by atoms with E-state index in [4.69, 9.17) is 11.6 Å². The topological polar surface area (TPSA) is 50.9 Å². The monoisotopic (exact) mass is 251 g/mol. The zero-order chi connectivity index (χ0) is 12.3. The first-order valence-corrected chi connectivity index (χ1v) is 5.90. The summed E-state index contributed by atoms with van der Waals surface area (Å²) in [5.41, 5.74) is 0.702. The van der Waals surface area contributed by atoms with Crippen LogP contribution >= 0.6 is 11.6 Å². The second kappa shape index (κ2) is 5.29. The van der Waals surface area contributed by atoms with E-state index in [2.05, 4.69) is 16.9 Å². The highest BCUT2D eigenvalue weighted by Crippen LogP contribution is 2.22. The van der Waals surface area contributed by atoms with Gasteiger partial charge in [0.25, 0.3) is 0 Å². The number of imidazole rings is 1. The molecule has 2 rings (SSSR count). The quantitative estimate of drug-likeness (QED) is 0.849. The molecule has 0 aromatic carbocycles. The van der Waals surface area contributed by atoms with Gasteiger partial charge in [0, 0.05) is 25.1 Å². The van der Waals surface area contributed by atoms with Crippen molar-refractivity contribution in [2.24, 2.45) is 0 Å². The Hall–Kier alpha value is -1.39. The highest BCUT2D eigenvalue weighted by molar-refractivity contribution is 6.29. The lowest BCUT2D eigenvalue weighted by molar-refractivity contribution is 0.204. The van der Waals surface area contributed by atoms with E-state index in [0.29, 0.717) is 16.5 Å². The van der Waals surface area contributed by atoms with Crippen LogP contribution in [0.5, 0.6) is 0 Å². The summed E-state index contributed by atoms with van der Waals surface area (Å²) in [6.07, 6.45) is 5.36. The maximum Gasteiger partial charge on any atom is 0.142 e. The lowest BCUT2D eigenvalue weighted by atomic mass is 10.1. The number of rotatable bonds is 4. The van der Waals surface area contributed by atoms with Gasteiger partial charge in [0.2, 0.25) is 0 Å². The Labute approximate surface area is 105 Å². The molecular weight excluding hydrogens is 238 g/mol. The van der Waals surface area contributed by atoms with Crippen LogP contribution in [-0.2, 0) is 6.54 Å². The number of halogens is 1. The lowest BCUT2D eigenvalue weighted by Crippen LogP contribution is -2.09. The summed E-state index contributed by atoms with van der Waals surface area (Å²) in [5.74, 6) is 0.633. The van der Waals surface area contributed by atoms with Crippen molar-refractivity contribution in [2.45, 2.75) is 26.0 Å². The minimum atomic E-state index is -0.767. The van der Waals surface area contributed by atoms with Crippen LogP contribution < -0.4 is 0 Å². The minimum Gasteiger partial charge on any atom is -0.380 e. The summed E-state index contributed by atoms with van der Waals surface area (Å²) in [6, 6.07) is 3.39. The third kappa shape index (κ3) is 2.65. The minimum absolute atomic E-state index is 0.371. The largest absolute Gasteiger partial charge is 0.380 e. The van der Waals surface area contributed by atoms with Crippen LogP contribution in [0.3, 0.4) is 0 Å². The molecule has 0 saturated carbocycles. The van der Waals surface area contributed by atoms with Gasteiger partial charge in [-0.05, 0) is 24.1 Å². The number of hydrogen-bond donors (Lipinski definition) is 1. The first-order chi connectivity index (χ1) is 8.22. The van der Waals surface area contributed by atoms with Gasteiger partial charge in [0.1, 0.15) is 17.1 Å². The van der Waals surface area contributed by atoms with Crippen molar-refractivity contribution < 1.29 is 5.11 Å². The number of aromatic nitrogens is 3. The zero-order valence-electron chi connectivity index (χ0n) is 9.55. The number of aliphatic hydroxyl groups excluding tert-OH is 1.